The van der Waals surface area contributed by atoms with Gasteiger partial charge in [0.25, 0.3) is 0 Å². The molecule has 0 aliphatic rings. The molecule has 0 N–H and O–H groups in total. The highest BCUT2D eigenvalue weighted by molar-refractivity contribution is 5.78. The van der Waals surface area contributed by atoms with Crippen molar-refractivity contribution in [3.63, 3.8) is 0 Å². The summed E-state index contributed by atoms with van der Waals surface area (Å²) >= 11 is 0. The van der Waals surface area contributed by atoms with Crippen molar-refractivity contribution in [2.45, 2.75) is 0 Å². The number of benzene rings is 5. The Balaban J connectivity index is 1.18. The molecule has 46 heavy (non-hydrogen) atoms. The first-order chi connectivity index (χ1) is 22.8. The molecule has 0 saturated heterocycles. The second-order valence-electron chi connectivity index (χ2n) is 11.0. The topological polar surface area (TPSA) is 22.6 Å². The van der Waals surface area contributed by atoms with Gasteiger partial charge in [0.1, 0.15) is 0 Å². The molecule has 2 aromatic heterocycles. The van der Waals surface area contributed by atoms with Crippen molar-refractivity contribution in [3.05, 3.63) is 193 Å². The van der Waals surface area contributed by atoms with E-state index < -0.39 is 0 Å². The minimum absolute atomic E-state index is 0.783. The summed E-state index contributed by atoms with van der Waals surface area (Å²) in [6.07, 6.45) is 8.25. The van der Waals surface area contributed by atoms with E-state index in [4.69, 9.17) is 8.83 Å². The molecule has 0 bridgehead atoms. The maximum Gasteiger partial charge on any atom is 0.361 e. The van der Waals surface area contributed by atoms with Crippen molar-refractivity contribution in [1.82, 2.24) is 0 Å². The molecule has 0 aliphatic carbocycles. The fourth-order valence-electron chi connectivity index (χ4n) is 5.42. The summed E-state index contributed by atoms with van der Waals surface area (Å²) in [6.45, 7) is 0. The fraction of sp³-hybridized carbons (Fsp3) is 0. The molecule has 5 aromatic carbocycles. The van der Waals surface area contributed by atoms with Crippen LogP contribution in [0.3, 0.4) is 0 Å². The predicted molar refractivity (Wildman–Crippen MR) is 192 cm³/mol. The standard InChI is InChI=1S/C44H32O2/c1-5-16-35(17-6-1)39-29-41(45-43(31-39)37-20-9-3-10-21-37)26-24-33-14-13-15-34(28-33)25-27-42-30-40(36-18-7-2-8-19-36)32-44(46-42)38-22-11-4-12-23-38/h1-32H/q+2/b26-24+,27-25+. The Morgan fingerprint density at radius 2 is 0.652 bits per heavy atom. The predicted octanol–water partition coefficient (Wildman–Crippen LogP) is 12.4. The largest absolute Gasteiger partial charge is 0.361 e. The van der Waals surface area contributed by atoms with Crippen LogP contribution < -0.4 is 0 Å². The van der Waals surface area contributed by atoms with Gasteiger partial charge in [0.15, 0.2) is 0 Å². The van der Waals surface area contributed by atoms with Crippen LogP contribution in [-0.2, 0) is 0 Å². The molecule has 0 spiro atoms. The van der Waals surface area contributed by atoms with Crippen molar-refractivity contribution in [2.24, 2.45) is 0 Å². The highest BCUT2D eigenvalue weighted by Gasteiger charge is 2.18. The summed E-state index contributed by atoms with van der Waals surface area (Å²) in [7, 11) is 0. The van der Waals surface area contributed by atoms with Crippen molar-refractivity contribution >= 4 is 24.3 Å². The minimum atomic E-state index is 0.783. The summed E-state index contributed by atoms with van der Waals surface area (Å²) < 4.78 is 12.7. The average Bonchev–Trinajstić information content (AvgIpc) is 3.14. The van der Waals surface area contributed by atoms with E-state index in [1.165, 1.54) is 0 Å². The van der Waals surface area contributed by atoms with Crippen molar-refractivity contribution in [2.75, 3.05) is 0 Å². The monoisotopic (exact) mass is 592 g/mol. The van der Waals surface area contributed by atoms with Crippen LogP contribution in [0.15, 0.2) is 179 Å². The van der Waals surface area contributed by atoms with E-state index in [-0.39, 0.29) is 0 Å². The maximum absolute atomic E-state index is 6.37. The van der Waals surface area contributed by atoms with Gasteiger partial charge in [0.05, 0.1) is 35.4 Å². The lowest BCUT2D eigenvalue weighted by Crippen LogP contribution is -1.85. The van der Waals surface area contributed by atoms with Crippen LogP contribution in [0.1, 0.15) is 22.6 Å². The van der Waals surface area contributed by atoms with Gasteiger partial charge in [-0.3, -0.25) is 0 Å². The highest BCUT2D eigenvalue weighted by Crippen LogP contribution is 2.31. The van der Waals surface area contributed by atoms with Crippen molar-refractivity contribution < 1.29 is 8.83 Å². The summed E-state index contributed by atoms with van der Waals surface area (Å²) in [5, 5.41) is 0. The lowest BCUT2D eigenvalue weighted by molar-refractivity contribution is 0.556. The van der Waals surface area contributed by atoms with Gasteiger partial charge in [-0.1, -0.05) is 115 Å². The van der Waals surface area contributed by atoms with Gasteiger partial charge in [-0.2, -0.15) is 0 Å². The van der Waals surface area contributed by atoms with E-state index in [0.717, 1.165) is 67.5 Å². The molecule has 0 amide bonds. The summed E-state index contributed by atoms with van der Waals surface area (Å²) in [4.78, 5) is 0. The van der Waals surface area contributed by atoms with Gasteiger partial charge < -0.3 is 0 Å². The first-order valence-electron chi connectivity index (χ1n) is 15.4. The number of hydrogen-bond acceptors (Lipinski definition) is 0. The van der Waals surface area contributed by atoms with Crippen LogP contribution in [-0.4, -0.2) is 0 Å². The Hall–Kier alpha value is -6.12. The Labute approximate surface area is 269 Å². The molecular weight excluding hydrogens is 560 g/mol. The van der Waals surface area contributed by atoms with Crippen molar-refractivity contribution in [1.29, 1.82) is 0 Å². The Kier molecular flexibility index (Phi) is 8.51. The van der Waals surface area contributed by atoms with E-state index in [1.807, 2.05) is 60.7 Å². The third-order valence-corrected chi connectivity index (χ3v) is 7.75. The van der Waals surface area contributed by atoms with Crippen LogP contribution in [0.2, 0.25) is 0 Å². The smallest absolute Gasteiger partial charge is 0.207 e. The maximum atomic E-state index is 6.37. The van der Waals surface area contributed by atoms with Crippen LogP contribution in [0.4, 0.5) is 0 Å². The number of hydrogen-bond donors (Lipinski definition) is 0. The van der Waals surface area contributed by atoms with Crippen LogP contribution >= 0.6 is 0 Å². The van der Waals surface area contributed by atoms with Gasteiger partial charge >= 0.3 is 23.0 Å². The molecule has 0 atom stereocenters. The minimum Gasteiger partial charge on any atom is -0.207 e. The highest BCUT2D eigenvalue weighted by atomic mass is 16.3. The third kappa shape index (κ3) is 6.99. The van der Waals surface area contributed by atoms with Gasteiger partial charge in [-0.15, -0.1) is 0 Å². The SMILES string of the molecule is C(=C\c1cc(-c2ccccc2)cc(-c2ccccc2)[o+]1)/c1cccc(/C=C/c2cc(-c3ccccc3)cc(-c3ccccc3)[o+]2)c1. The second-order valence-corrected chi connectivity index (χ2v) is 11.0. The molecule has 7 rings (SSSR count). The molecule has 0 saturated carbocycles. The normalized spacial score (nSPS) is 11.3. The lowest BCUT2D eigenvalue weighted by Gasteiger charge is -2.01. The summed E-state index contributed by atoms with van der Waals surface area (Å²) in [5.41, 5.74) is 8.74. The lowest BCUT2D eigenvalue weighted by atomic mass is 10.0. The molecule has 0 unspecified atom stereocenters. The van der Waals surface area contributed by atoms with Crippen LogP contribution in [0, 0.1) is 0 Å². The fourth-order valence-corrected chi connectivity index (χ4v) is 5.42. The van der Waals surface area contributed by atoms with Crippen LogP contribution in [0.25, 0.3) is 69.2 Å². The Morgan fingerprint density at radius 3 is 1.04 bits per heavy atom. The quantitative estimate of drug-likeness (QED) is 0.164. The Bertz CT molecular complexity index is 1850. The summed E-state index contributed by atoms with van der Waals surface area (Å²) in [5.74, 6) is 3.22. The molecular formula is C44H32O2+2. The van der Waals surface area contributed by atoms with Gasteiger partial charge in [0, 0.05) is 23.3 Å². The molecule has 0 aliphatic heterocycles. The van der Waals surface area contributed by atoms with E-state index in [9.17, 15) is 0 Å². The molecule has 7 aromatic rings. The first kappa shape index (κ1) is 28.6. The Morgan fingerprint density at radius 1 is 0.283 bits per heavy atom. The molecule has 2 nitrogen and oxygen atoms in total. The molecule has 0 fully saturated rings. The first-order valence-corrected chi connectivity index (χ1v) is 15.4. The molecule has 2 heterocycles. The van der Waals surface area contributed by atoms with Gasteiger partial charge in [0.2, 0.25) is 0 Å². The van der Waals surface area contributed by atoms with E-state index in [1.54, 1.807) is 0 Å². The molecule has 0 radical (unpaired) electrons. The van der Waals surface area contributed by atoms with E-state index in [0.29, 0.717) is 0 Å². The average molecular weight is 593 g/mol. The van der Waals surface area contributed by atoms with Crippen molar-refractivity contribution in [3.8, 4) is 44.9 Å². The van der Waals surface area contributed by atoms with E-state index >= 15 is 0 Å². The zero-order valence-corrected chi connectivity index (χ0v) is 25.3. The molecule has 218 valence electrons. The summed E-state index contributed by atoms with van der Waals surface area (Å²) in [6, 6.07) is 58.1. The molecule has 2 heteroatoms. The zero-order chi connectivity index (χ0) is 31.0. The number of rotatable bonds is 8. The zero-order valence-electron chi connectivity index (χ0n) is 25.3. The van der Waals surface area contributed by atoms with E-state index in [2.05, 4.69) is 133 Å². The third-order valence-electron chi connectivity index (χ3n) is 7.75. The van der Waals surface area contributed by atoms with Gasteiger partial charge in [-0.05, 0) is 64.7 Å². The second kappa shape index (κ2) is 13.7. The van der Waals surface area contributed by atoms with Gasteiger partial charge in [-0.25, -0.2) is 8.83 Å². The van der Waals surface area contributed by atoms with Crippen LogP contribution in [0.5, 0.6) is 0 Å².